The molecule has 1 N–H and O–H groups in total. The van der Waals surface area contributed by atoms with Crippen molar-refractivity contribution in [3.05, 3.63) is 70.3 Å². The van der Waals surface area contributed by atoms with Gasteiger partial charge in [0.2, 0.25) is 0 Å². The molecule has 1 amide bonds. The first-order chi connectivity index (χ1) is 12.5. The van der Waals surface area contributed by atoms with Crippen molar-refractivity contribution in [1.82, 2.24) is 10.2 Å². The molecule has 0 aliphatic rings. The van der Waals surface area contributed by atoms with Crippen LogP contribution in [0.3, 0.4) is 0 Å². The van der Waals surface area contributed by atoms with Crippen LogP contribution in [0, 0.1) is 10.1 Å². The Morgan fingerprint density at radius 3 is 2.50 bits per heavy atom. The number of benzene rings is 2. The molecule has 0 aliphatic heterocycles. The van der Waals surface area contributed by atoms with E-state index in [4.69, 9.17) is 4.74 Å². The Labute approximate surface area is 152 Å². The number of hydrogen-bond acceptors (Lipinski definition) is 5. The first kappa shape index (κ1) is 19.4. The fraction of sp³-hybridized carbons (Fsp3) is 0.316. The minimum absolute atomic E-state index is 0.0126. The molecule has 0 heterocycles. The third-order valence-corrected chi connectivity index (χ3v) is 3.75. The van der Waals surface area contributed by atoms with E-state index in [9.17, 15) is 14.9 Å². The van der Waals surface area contributed by atoms with E-state index in [1.807, 2.05) is 25.2 Å². The van der Waals surface area contributed by atoms with Gasteiger partial charge in [0.15, 0.2) is 6.61 Å². The van der Waals surface area contributed by atoms with Crippen molar-refractivity contribution in [3.8, 4) is 5.75 Å². The minimum Gasteiger partial charge on any atom is -0.484 e. The number of hydrogen-bond donors (Lipinski definition) is 1. The second kappa shape index (κ2) is 10.1. The molecule has 26 heavy (non-hydrogen) atoms. The molecule has 7 heteroatoms. The van der Waals surface area contributed by atoms with E-state index in [0.29, 0.717) is 12.3 Å². The van der Waals surface area contributed by atoms with Gasteiger partial charge in [-0.3, -0.25) is 14.9 Å². The number of carbonyl (C=O) groups excluding carboxylic acids is 1. The molecule has 2 aromatic rings. The maximum Gasteiger partial charge on any atom is 0.269 e. The molecular weight excluding hydrogens is 334 g/mol. The Morgan fingerprint density at radius 2 is 1.85 bits per heavy atom. The summed E-state index contributed by atoms with van der Waals surface area (Å²) in [4.78, 5) is 24.1. The zero-order valence-corrected chi connectivity index (χ0v) is 14.8. The van der Waals surface area contributed by atoms with E-state index in [-0.39, 0.29) is 18.2 Å². The van der Waals surface area contributed by atoms with Gasteiger partial charge in [0.25, 0.3) is 11.6 Å². The molecule has 0 fully saturated rings. The summed E-state index contributed by atoms with van der Waals surface area (Å²) in [6, 6.07) is 15.9. The summed E-state index contributed by atoms with van der Waals surface area (Å²) in [6.07, 6.45) is 0.840. The molecule has 0 spiro atoms. The number of nitrogens with zero attached hydrogens (tertiary/aromatic N) is 2. The number of carbonyl (C=O) groups is 1. The summed E-state index contributed by atoms with van der Waals surface area (Å²) in [7, 11) is 2.05. The largest absolute Gasteiger partial charge is 0.484 e. The minimum atomic E-state index is -0.481. The lowest BCUT2D eigenvalue weighted by Crippen LogP contribution is -2.31. The van der Waals surface area contributed by atoms with Gasteiger partial charge in [-0.15, -0.1) is 0 Å². The SMILES string of the molecule is CN(CCCNC(=O)COc1ccc([N+](=O)[O-])cc1)Cc1ccccc1. The second-order valence-electron chi connectivity index (χ2n) is 5.97. The maximum absolute atomic E-state index is 11.8. The Balaban J connectivity index is 1.59. The predicted molar refractivity (Wildman–Crippen MR) is 99.0 cm³/mol. The van der Waals surface area contributed by atoms with E-state index in [2.05, 4.69) is 22.3 Å². The summed E-state index contributed by atoms with van der Waals surface area (Å²) >= 11 is 0. The van der Waals surface area contributed by atoms with Crippen molar-refractivity contribution in [2.24, 2.45) is 0 Å². The van der Waals surface area contributed by atoms with Gasteiger partial charge in [0, 0.05) is 25.2 Å². The van der Waals surface area contributed by atoms with Gasteiger partial charge in [-0.05, 0) is 37.7 Å². The van der Waals surface area contributed by atoms with Crippen LogP contribution in [0.4, 0.5) is 5.69 Å². The van der Waals surface area contributed by atoms with Crippen molar-refractivity contribution in [2.45, 2.75) is 13.0 Å². The molecule has 0 aliphatic carbocycles. The monoisotopic (exact) mass is 357 g/mol. The Morgan fingerprint density at radius 1 is 1.15 bits per heavy atom. The van der Waals surface area contributed by atoms with Crippen LogP contribution in [0.1, 0.15) is 12.0 Å². The molecule has 138 valence electrons. The highest BCUT2D eigenvalue weighted by atomic mass is 16.6. The highest BCUT2D eigenvalue weighted by molar-refractivity contribution is 5.77. The lowest BCUT2D eigenvalue weighted by molar-refractivity contribution is -0.384. The van der Waals surface area contributed by atoms with Gasteiger partial charge < -0.3 is 15.0 Å². The number of nitro groups is 1. The predicted octanol–water partition coefficient (Wildman–Crippen LogP) is 2.61. The van der Waals surface area contributed by atoms with Gasteiger partial charge in [-0.25, -0.2) is 0 Å². The molecule has 2 aromatic carbocycles. The first-order valence-electron chi connectivity index (χ1n) is 8.41. The van der Waals surface area contributed by atoms with Gasteiger partial charge in [0.1, 0.15) is 5.75 Å². The van der Waals surface area contributed by atoms with E-state index < -0.39 is 4.92 Å². The zero-order valence-electron chi connectivity index (χ0n) is 14.8. The smallest absolute Gasteiger partial charge is 0.269 e. The van der Waals surface area contributed by atoms with Gasteiger partial charge >= 0.3 is 0 Å². The van der Waals surface area contributed by atoms with E-state index >= 15 is 0 Å². The van der Waals surface area contributed by atoms with Crippen LogP contribution in [0.5, 0.6) is 5.75 Å². The molecular formula is C19H23N3O4. The second-order valence-corrected chi connectivity index (χ2v) is 5.97. The molecule has 0 saturated heterocycles. The first-order valence-corrected chi connectivity index (χ1v) is 8.41. The highest BCUT2D eigenvalue weighted by Gasteiger charge is 2.06. The average Bonchev–Trinajstić information content (AvgIpc) is 2.64. The molecule has 0 unspecified atom stereocenters. The number of nitro benzene ring substituents is 1. The topological polar surface area (TPSA) is 84.7 Å². The summed E-state index contributed by atoms with van der Waals surface area (Å²) in [5, 5.41) is 13.4. The molecule has 0 aromatic heterocycles. The van der Waals surface area contributed by atoms with Gasteiger partial charge in [0.05, 0.1) is 4.92 Å². The van der Waals surface area contributed by atoms with Gasteiger partial charge in [-0.2, -0.15) is 0 Å². The van der Waals surface area contributed by atoms with Crippen LogP contribution in [0.15, 0.2) is 54.6 Å². The van der Waals surface area contributed by atoms with Crippen LogP contribution in [0.25, 0.3) is 0 Å². The van der Waals surface area contributed by atoms with Crippen molar-refractivity contribution >= 4 is 11.6 Å². The van der Waals surface area contributed by atoms with Crippen molar-refractivity contribution in [1.29, 1.82) is 0 Å². The van der Waals surface area contributed by atoms with Crippen LogP contribution < -0.4 is 10.1 Å². The normalized spacial score (nSPS) is 10.5. The summed E-state index contributed by atoms with van der Waals surface area (Å²) in [5.41, 5.74) is 1.25. The number of ether oxygens (including phenoxy) is 1. The fourth-order valence-corrected chi connectivity index (χ4v) is 2.41. The molecule has 0 radical (unpaired) electrons. The van der Waals surface area contributed by atoms with Crippen LogP contribution in [-0.4, -0.2) is 42.5 Å². The third-order valence-electron chi connectivity index (χ3n) is 3.75. The van der Waals surface area contributed by atoms with Crippen LogP contribution >= 0.6 is 0 Å². The molecule has 0 atom stereocenters. The zero-order chi connectivity index (χ0) is 18.8. The number of rotatable bonds is 10. The molecule has 7 nitrogen and oxygen atoms in total. The van der Waals surface area contributed by atoms with E-state index in [0.717, 1.165) is 19.5 Å². The van der Waals surface area contributed by atoms with Crippen molar-refractivity contribution in [2.75, 3.05) is 26.7 Å². The molecule has 0 saturated carbocycles. The number of non-ortho nitro benzene ring substituents is 1. The number of amides is 1. The Hall–Kier alpha value is -2.93. The molecule has 2 rings (SSSR count). The Kier molecular flexibility index (Phi) is 7.57. The quantitative estimate of drug-likeness (QED) is 0.401. The lowest BCUT2D eigenvalue weighted by Gasteiger charge is -2.16. The summed E-state index contributed by atoms with van der Waals surface area (Å²) < 4.78 is 5.31. The summed E-state index contributed by atoms with van der Waals surface area (Å²) in [6.45, 7) is 2.20. The average molecular weight is 357 g/mol. The van der Waals surface area contributed by atoms with Crippen LogP contribution in [-0.2, 0) is 11.3 Å². The van der Waals surface area contributed by atoms with Gasteiger partial charge in [-0.1, -0.05) is 30.3 Å². The maximum atomic E-state index is 11.8. The lowest BCUT2D eigenvalue weighted by atomic mass is 10.2. The highest BCUT2D eigenvalue weighted by Crippen LogP contribution is 2.17. The fourth-order valence-electron chi connectivity index (χ4n) is 2.41. The van der Waals surface area contributed by atoms with Crippen molar-refractivity contribution < 1.29 is 14.5 Å². The molecule has 0 bridgehead atoms. The summed E-state index contributed by atoms with van der Waals surface area (Å²) in [5.74, 6) is 0.211. The third kappa shape index (κ3) is 6.90. The van der Waals surface area contributed by atoms with E-state index in [1.165, 1.54) is 29.8 Å². The van der Waals surface area contributed by atoms with Crippen LogP contribution in [0.2, 0.25) is 0 Å². The number of nitrogens with one attached hydrogen (secondary N) is 1. The van der Waals surface area contributed by atoms with Crippen molar-refractivity contribution in [3.63, 3.8) is 0 Å². The standard InChI is InChI=1S/C19H23N3O4/c1-21(14-16-6-3-2-4-7-16)13-5-12-20-19(23)15-26-18-10-8-17(9-11-18)22(24)25/h2-4,6-11H,5,12-15H2,1H3,(H,20,23). The Bertz CT molecular complexity index is 704. The van der Waals surface area contributed by atoms with E-state index in [1.54, 1.807) is 0 Å².